The second-order valence-corrected chi connectivity index (χ2v) is 2.78. The molecule has 1 aromatic rings. The van der Waals surface area contributed by atoms with Crippen LogP contribution in [0.3, 0.4) is 0 Å². The number of hydrogen-bond acceptors (Lipinski definition) is 1. The SMILES string of the molecule is C/C(C=O)=C/C#Cc1ccc(F)cc1. The van der Waals surface area contributed by atoms with Gasteiger partial charge in [-0.3, -0.25) is 4.79 Å². The van der Waals surface area contributed by atoms with Gasteiger partial charge in [0.25, 0.3) is 0 Å². The Labute approximate surface area is 82.3 Å². The van der Waals surface area contributed by atoms with Crippen LogP contribution in [0.5, 0.6) is 0 Å². The first-order chi connectivity index (χ1) is 6.72. The summed E-state index contributed by atoms with van der Waals surface area (Å²) in [6.45, 7) is 1.67. The van der Waals surface area contributed by atoms with Crippen molar-refractivity contribution in [1.82, 2.24) is 0 Å². The van der Waals surface area contributed by atoms with E-state index in [9.17, 15) is 9.18 Å². The quantitative estimate of drug-likeness (QED) is 0.375. The number of allylic oxidation sites excluding steroid dienone is 2. The number of carbonyl (C=O) groups is 1. The lowest BCUT2D eigenvalue weighted by molar-refractivity contribution is -0.104. The molecule has 0 fully saturated rings. The highest BCUT2D eigenvalue weighted by molar-refractivity contribution is 5.73. The maximum absolute atomic E-state index is 12.5. The fourth-order valence-corrected chi connectivity index (χ4v) is 0.800. The van der Waals surface area contributed by atoms with Crippen LogP contribution >= 0.6 is 0 Å². The van der Waals surface area contributed by atoms with Gasteiger partial charge < -0.3 is 0 Å². The molecule has 70 valence electrons. The van der Waals surface area contributed by atoms with Crippen LogP contribution in [0.4, 0.5) is 4.39 Å². The summed E-state index contributed by atoms with van der Waals surface area (Å²) >= 11 is 0. The lowest BCUT2D eigenvalue weighted by Crippen LogP contribution is -1.76. The first kappa shape index (κ1) is 10.2. The number of halogens is 1. The highest BCUT2D eigenvalue weighted by Crippen LogP contribution is 2.00. The third kappa shape index (κ3) is 3.24. The average Bonchev–Trinajstić information content (AvgIpc) is 2.21. The molecule has 0 spiro atoms. The average molecular weight is 188 g/mol. The number of benzene rings is 1. The molecule has 0 amide bonds. The maximum atomic E-state index is 12.5. The predicted molar refractivity (Wildman–Crippen MR) is 53.1 cm³/mol. The molecule has 1 rings (SSSR count). The summed E-state index contributed by atoms with van der Waals surface area (Å²) in [4.78, 5) is 10.2. The van der Waals surface area contributed by atoms with Crippen LogP contribution in [0.1, 0.15) is 12.5 Å². The number of hydrogen-bond donors (Lipinski definition) is 0. The molecule has 14 heavy (non-hydrogen) atoms. The standard InChI is InChI=1S/C12H9FO/c1-10(9-14)3-2-4-11-5-7-12(13)8-6-11/h3,5-9H,1H3/b10-3-. The fourth-order valence-electron chi connectivity index (χ4n) is 0.800. The van der Waals surface area contributed by atoms with Gasteiger partial charge in [0, 0.05) is 5.56 Å². The van der Waals surface area contributed by atoms with E-state index in [1.54, 1.807) is 19.1 Å². The Morgan fingerprint density at radius 2 is 2.00 bits per heavy atom. The lowest BCUT2D eigenvalue weighted by Gasteiger charge is -1.88. The fraction of sp³-hybridized carbons (Fsp3) is 0.0833. The van der Waals surface area contributed by atoms with Crippen LogP contribution < -0.4 is 0 Å². The van der Waals surface area contributed by atoms with Crippen molar-refractivity contribution in [3.63, 3.8) is 0 Å². The van der Waals surface area contributed by atoms with Crippen molar-refractivity contribution in [3.8, 4) is 11.8 Å². The molecule has 0 aromatic heterocycles. The summed E-state index contributed by atoms with van der Waals surface area (Å²) in [5.41, 5.74) is 1.29. The van der Waals surface area contributed by atoms with Crippen molar-refractivity contribution < 1.29 is 9.18 Å². The smallest absolute Gasteiger partial charge is 0.146 e. The summed E-state index contributed by atoms with van der Waals surface area (Å²) in [5.74, 6) is 5.21. The van der Waals surface area contributed by atoms with Gasteiger partial charge in [-0.2, -0.15) is 0 Å². The van der Waals surface area contributed by atoms with Gasteiger partial charge in [0.1, 0.15) is 12.1 Å². The molecule has 0 aliphatic rings. The van der Waals surface area contributed by atoms with Crippen molar-refractivity contribution in [1.29, 1.82) is 0 Å². The number of aldehydes is 1. The topological polar surface area (TPSA) is 17.1 Å². The molecule has 0 unspecified atom stereocenters. The molecule has 2 heteroatoms. The van der Waals surface area contributed by atoms with E-state index in [0.29, 0.717) is 5.57 Å². The van der Waals surface area contributed by atoms with Crippen molar-refractivity contribution in [2.75, 3.05) is 0 Å². The van der Waals surface area contributed by atoms with E-state index >= 15 is 0 Å². The molecule has 0 radical (unpaired) electrons. The van der Waals surface area contributed by atoms with E-state index in [2.05, 4.69) is 11.8 Å². The van der Waals surface area contributed by atoms with Gasteiger partial charge in [-0.05, 0) is 42.8 Å². The van der Waals surface area contributed by atoms with Gasteiger partial charge in [0.2, 0.25) is 0 Å². The Morgan fingerprint density at radius 3 is 2.57 bits per heavy atom. The predicted octanol–water partition coefficient (Wildman–Crippen LogP) is 2.32. The van der Waals surface area contributed by atoms with Crippen LogP contribution in [0.2, 0.25) is 0 Å². The first-order valence-corrected chi connectivity index (χ1v) is 4.11. The van der Waals surface area contributed by atoms with Crippen molar-refractivity contribution in [2.24, 2.45) is 0 Å². The van der Waals surface area contributed by atoms with Crippen molar-refractivity contribution in [3.05, 3.63) is 47.3 Å². The third-order valence-corrected chi connectivity index (χ3v) is 1.55. The minimum Gasteiger partial charge on any atom is -0.298 e. The van der Waals surface area contributed by atoms with Crippen LogP contribution in [0.25, 0.3) is 0 Å². The van der Waals surface area contributed by atoms with E-state index in [4.69, 9.17) is 0 Å². The molecule has 0 saturated carbocycles. The second kappa shape index (κ2) is 4.98. The van der Waals surface area contributed by atoms with Crippen LogP contribution in [-0.2, 0) is 4.79 Å². The zero-order chi connectivity index (χ0) is 10.4. The van der Waals surface area contributed by atoms with E-state index in [-0.39, 0.29) is 5.82 Å². The third-order valence-electron chi connectivity index (χ3n) is 1.55. The molecule has 0 aliphatic carbocycles. The summed E-state index contributed by atoms with van der Waals surface area (Å²) in [6.07, 6.45) is 2.26. The monoisotopic (exact) mass is 188 g/mol. The molecule has 0 saturated heterocycles. The Kier molecular flexibility index (Phi) is 3.63. The highest BCUT2D eigenvalue weighted by Gasteiger charge is 1.87. The van der Waals surface area contributed by atoms with Gasteiger partial charge in [-0.1, -0.05) is 11.8 Å². The molecule has 1 nitrogen and oxygen atoms in total. The number of rotatable bonds is 1. The molecule has 0 bridgehead atoms. The van der Waals surface area contributed by atoms with Gasteiger partial charge in [0.05, 0.1) is 0 Å². The Bertz CT molecular complexity index is 404. The van der Waals surface area contributed by atoms with Crippen molar-refractivity contribution in [2.45, 2.75) is 6.92 Å². The minimum absolute atomic E-state index is 0.282. The van der Waals surface area contributed by atoms with Crippen LogP contribution in [0, 0.1) is 17.7 Å². The van der Waals surface area contributed by atoms with E-state index in [1.807, 2.05) is 0 Å². The maximum Gasteiger partial charge on any atom is 0.146 e. The normalized spacial score (nSPS) is 10.3. The van der Waals surface area contributed by atoms with Crippen LogP contribution in [0.15, 0.2) is 35.9 Å². The Hall–Kier alpha value is -1.88. The lowest BCUT2D eigenvalue weighted by atomic mass is 10.2. The van der Waals surface area contributed by atoms with E-state index in [0.717, 1.165) is 11.8 Å². The summed E-state index contributed by atoms with van der Waals surface area (Å²) in [5, 5.41) is 0. The second-order valence-electron chi connectivity index (χ2n) is 2.78. The summed E-state index contributed by atoms with van der Waals surface area (Å²) in [7, 11) is 0. The zero-order valence-electron chi connectivity index (χ0n) is 7.75. The summed E-state index contributed by atoms with van der Waals surface area (Å²) < 4.78 is 12.5. The molecule has 0 aliphatic heterocycles. The first-order valence-electron chi connectivity index (χ1n) is 4.11. The number of carbonyl (C=O) groups excluding carboxylic acids is 1. The molecule has 0 atom stereocenters. The Morgan fingerprint density at radius 1 is 1.36 bits per heavy atom. The zero-order valence-corrected chi connectivity index (χ0v) is 7.75. The molecule has 0 N–H and O–H groups in total. The van der Waals surface area contributed by atoms with Gasteiger partial charge in [0.15, 0.2) is 0 Å². The van der Waals surface area contributed by atoms with Crippen LogP contribution in [-0.4, -0.2) is 6.29 Å². The summed E-state index contributed by atoms with van der Waals surface area (Å²) in [6, 6.07) is 5.87. The van der Waals surface area contributed by atoms with Gasteiger partial charge in [-0.25, -0.2) is 4.39 Å². The molecular weight excluding hydrogens is 179 g/mol. The molecule has 0 heterocycles. The minimum atomic E-state index is -0.282. The van der Waals surface area contributed by atoms with Gasteiger partial charge in [-0.15, -0.1) is 0 Å². The highest BCUT2D eigenvalue weighted by atomic mass is 19.1. The van der Waals surface area contributed by atoms with Crippen molar-refractivity contribution >= 4 is 6.29 Å². The molecular formula is C12H9FO. The molecule has 1 aromatic carbocycles. The van der Waals surface area contributed by atoms with E-state index < -0.39 is 0 Å². The van der Waals surface area contributed by atoms with Gasteiger partial charge >= 0.3 is 0 Å². The largest absolute Gasteiger partial charge is 0.298 e. The Balaban J connectivity index is 2.78. The van der Waals surface area contributed by atoms with E-state index in [1.165, 1.54) is 18.2 Å².